The number of carbonyl (C=O) groups is 1. The monoisotopic (exact) mass is 335 g/mol. The van der Waals surface area contributed by atoms with Crippen LogP contribution >= 0.6 is 0 Å². The fourth-order valence-corrected chi connectivity index (χ4v) is 3.41. The molecule has 3 aromatic rings. The van der Waals surface area contributed by atoms with Crippen molar-refractivity contribution in [2.24, 2.45) is 7.05 Å². The summed E-state index contributed by atoms with van der Waals surface area (Å²) in [6.45, 7) is 1.77. The van der Waals surface area contributed by atoms with Crippen LogP contribution in [-0.4, -0.2) is 39.6 Å². The van der Waals surface area contributed by atoms with Crippen molar-refractivity contribution < 1.29 is 4.79 Å². The number of para-hydroxylation sites is 2. The van der Waals surface area contributed by atoms with Crippen molar-refractivity contribution in [2.45, 2.75) is 18.9 Å². The van der Waals surface area contributed by atoms with E-state index in [2.05, 4.69) is 32.9 Å². The summed E-state index contributed by atoms with van der Waals surface area (Å²) < 4.78 is 2.14. The molecule has 2 aromatic heterocycles. The summed E-state index contributed by atoms with van der Waals surface area (Å²) in [6.07, 6.45) is 5.12. The molecule has 6 nitrogen and oxygen atoms in total. The smallest absolute Gasteiger partial charge is 0.251 e. The quantitative estimate of drug-likeness (QED) is 0.798. The van der Waals surface area contributed by atoms with Gasteiger partial charge in [-0.1, -0.05) is 12.1 Å². The first-order chi connectivity index (χ1) is 12.2. The molecule has 4 rings (SSSR count). The van der Waals surface area contributed by atoms with Crippen LogP contribution in [0.25, 0.3) is 11.0 Å². The number of benzene rings is 1. The van der Waals surface area contributed by atoms with E-state index in [0.717, 1.165) is 42.9 Å². The maximum absolute atomic E-state index is 12.3. The van der Waals surface area contributed by atoms with Crippen LogP contribution in [0.15, 0.2) is 48.8 Å². The third-order valence-corrected chi connectivity index (χ3v) is 4.82. The van der Waals surface area contributed by atoms with Gasteiger partial charge in [0.15, 0.2) is 0 Å². The van der Waals surface area contributed by atoms with Crippen LogP contribution in [-0.2, 0) is 7.05 Å². The number of amides is 1. The topological polar surface area (TPSA) is 63.0 Å². The zero-order valence-corrected chi connectivity index (χ0v) is 14.2. The first-order valence-corrected chi connectivity index (χ1v) is 8.59. The second-order valence-electron chi connectivity index (χ2n) is 6.43. The Morgan fingerprint density at radius 1 is 1.12 bits per heavy atom. The minimum absolute atomic E-state index is 0.0245. The molecule has 1 fully saturated rings. The van der Waals surface area contributed by atoms with E-state index in [0.29, 0.717) is 5.56 Å². The third-order valence-electron chi connectivity index (χ3n) is 4.82. The van der Waals surface area contributed by atoms with Crippen LogP contribution in [0, 0.1) is 0 Å². The number of piperidine rings is 1. The Balaban J connectivity index is 1.41. The third kappa shape index (κ3) is 3.07. The number of aromatic nitrogens is 3. The molecule has 3 heterocycles. The first-order valence-electron chi connectivity index (χ1n) is 8.59. The van der Waals surface area contributed by atoms with Gasteiger partial charge >= 0.3 is 0 Å². The molecule has 0 saturated carbocycles. The maximum atomic E-state index is 12.3. The number of pyridine rings is 1. The summed E-state index contributed by atoms with van der Waals surface area (Å²) in [5.74, 6) is 0.976. The van der Waals surface area contributed by atoms with Crippen molar-refractivity contribution in [2.75, 3.05) is 18.0 Å². The standard InChI is InChI=1S/C19H21N5O/c1-23-17-5-3-2-4-16(17)22-19(23)24-12-8-15(9-13-24)21-18(25)14-6-10-20-11-7-14/h2-7,10-11,15H,8-9,12-13H2,1H3,(H,21,25). The molecule has 128 valence electrons. The highest BCUT2D eigenvalue weighted by Gasteiger charge is 2.24. The van der Waals surface area contributed by atoms with Gasteiger partial charge in [0.05, 0.1) is 11.0 Å². The Morgan fingerprint density at radius 3 is 2.56 bits per heavy atom. The van der Waals surface area contributed by atoms with Crippen molar-refractivity contribution in [3.8, 4) is 0 Å². The number of hydrogen-bond donors (Lipinski definition) is 1. The van der Waals surface area contributed by atoms with Gasteiger partial charge in [-0.25, -0.2) is 4.98 Å². The van der Waals surface area contributed by atoms with Gasteiger partial charge in [-0.15, -0.1) is 0 Å². The minimum Gasteiger partial charge on any atom is -0.349 e. The molecule has 6 heteroatoms. The lowest BCUT2D eigenvalue weighted by molar-refractivity contribution is 0.0931. The van der Waals surface area contributed by atoms with Gasteiger partial charge in [0, 0.05) is 44.1 Å². The highest BCUT2D eigenvalue weighted by molar-refractivity contribution is 5.94. The van der Waals surface area contributed by atoms with Crippen LogP contribution < -0.4 is 10.2 Å². The molecule has 0 radical (unpaired) electrons. The molecular formula is C19H21N5O. The first kappa shape index (κ1) is 15.6. The van der Waals surface area contributed by atoms with E-state index in [9.17, 15) is 4.79 Å². The fraction of sp³-hybridized carbons (Fsp3) is 0.316. The number of aryl methyl sites for hydroxylation is 1. The van der Waals surface area contributed by atoms with Gasteiger partial charge in [0.1, 0.15) is 0 Å². The van der Waals surface area contributed by atoms with Crippen LogP contribution in [0.4, 0.5) is 5.95 Å². The van der Waals surface area contributed by atoms with Crippen molar-refractivity contribution in [1.29, 1.82) is 0 Å². The summed E-state index contributed by atoms with van der Waals surface area (Å²) in [5, 5.41) is 3.13. The number of nitrogens with one attached hydrogen (secondary N) is 1. The molecule has 1 aliphatic rings. The molecule has 1 saturated heterocycles. The van der Waals surface area contributed by atoms with Gasteiger partial charge in [0.2, 0.25) is 5.95 Å². The normalized spacial score (nSPS) is 15.5. The van der Waals surface area contributed by atoms with E-state index in [1.54, 1.807) is 24.5 Å². The molecular weight excluding hydrogens is 314 g/mol. The molecule has 0 bridgehead atoms. The zero-order valence-electron chi connectivity index (χ0n) is 14.2. The van der Waals surface area contributed by atoms with Crippen molar-refractivity contribution in [1.82, 2.24) is 19.9 Å². The number of imidazole rings is 1. The number of nitrogens with zero attached hydrogens (tertiary/aromatic N) is 4. The number of anilines is 1. The van der Waals surface area contributed by atoms with Gasteiger partial charge in [-0.2, -0.15) is 0 Å². The summed E-state index contributed by atoms with van der Waals surface area (Å²) in [4.78, 5) is 23.3. The molecule has 0 aliphatic carbocycles. The average molecular weight is 335 g/mol. The molecule has 0 spiro atoms. The highest BCUT2D eigenvalue weighted by atomic mass is 16.1. The zero-order chi connectivity index (χ0) is 17.2. The van der Waals surface area contributed by atoms with Crippen LogP contribution in [0.2, 0.25) is 0 Å². The van der Waals surface area contributed by atoms with Gasteiger partial charge < -0.3 is 14.8 Å². The molecule has 1 amide bonds. The second-order valence-corrected chi connectivity index (χ2v) is 6.43. The van der Waals surface area contributed by atoms with Gasteiger partial charge in [0.25, 0.3) is 5.91 Å². The number of hydrogen-bond acceptors (Lipinski definition) is 4. The molecule has 1 aromatic carbocycles. The Morgan fingerprint density at radius 2 is 1.84 bits per heavy atom. The van der Waals surface area contributed by atoms with Crippen molar-refractivity contribution >= 4 is 22.9 Å². The second kappa shape index (κ2) is 6.55. The van der Waals surface area contributed by atoms with E-state index >= 15 is 0 Å². The predicted molar refractivity (Wildman–Crippen MR) is 97.7 cm³/mol. The number of rotatable bonds is 3. The molecule has 25 heavy (non-hydrogen) atoms. The minimum atomic E-state index is -0.0245. The molecule has 0 atom stereocenters. The lowest BCUT2D eigenvalue weighted by Crippen LogP contribution is -2.45. The predicted octanol–water partition coefficient (Wildman–Crippen LogP) is 2.37. The van der Waals surface area contributed by atoms with Crippen molar-refractivity contribution in [3.05, 3.63) is 54.4 Å². The fourth-order valence-electron chi connectivity index (χ4n) is 3.41. The largest absolute Gasteiger partial charge is 0.349 e. The van der Waals surface area contributed by atoms with Crippen LogP contribution in [0.3, 0.4) is 0 Å². The van der Waals surface area contributed by atoms with E-state index in [1.807, 2.05) is 18.2 Å². The van der Waals surface area contributed by atoms with E-state index < -0.39 is 0 Å². The maximum Gasteiger partial charge on any atom is 0.251 e. The number of fused-ring (bicyclic) bond motifs is 1. The SMILES string of the molecule is Cn1c(N2CCC(NC(=O)c3ccncc3)CC2)nc2ccccc21. The van der Waals surface area contributed by atoms with E-state index in [1.165, 1.54) is 0 Å². The number of carbonyl (C=O) groups excluding carboxylic acids is 1. The molecule has 1 aliphatic heterocycles. The Labute approximate surface area is 146 Å². The lowest BCUT2D eigenvalue weighted by atomic mass is 10.0. The lowest BCUT2D eigenvalue weighted by Gasteiger charge is -2.33. The average Bonchev–Trinajstić information content (AvgIpc) is 3.00. The molecule has 0 unspecified atom stereocenters. The van der Waals surface area contributed by atoms with Crippen LogP contribution in [0.1, 0.15) is 23.2 Å². The summed E-state index contributed by atoms with van der Waals surface area (Å²) in [6, 6.07) is 11.9. The van der Waals surface area contributed by atoms with Crippen molar-refractivity contribution in [3.63, 3.8) is 0 Å². The summed E-state index contributed by atoms with van der Waals surface area (Å²) in [7, 11) is 2.06. The summed E-state index contributed by atoms with van der Waals surface area (Å²) >= 11 is 0. The Hall–Kier alpha value is -2.89. The Bertz CT molecular complexity index is 881. The highest BCUT2D eigenvalue weighted by Crippen LogP contribution is 2.24. The Kier molecular flexibility index (Phi) is 4.09. The van der Waals surface area contributed by atoms with E-state index in [-0.39, 0.29) is 11.9 Å². The van der Waals surface area contributed by atoms with Crippen LogP contribution in [0.5, 0.6) is 0 Å². The molecule has 1 N–H and O–H groups in total. The van der Waals surface area contributed by atoms with E-state index in [4.69, 9.17) is 4.98 Å². The summed E-state index contributed by atoms with van der Waals surface area (Å²) in [5.41, 5.74) is 2.83. The van der Waals surface area contributed by atoms with Gasteiger partial charge in [-0.05, 0) is 37.1 Å². The van der Waals surface area contributed by atoms with Gasteiger partial charge in [-0.3, -0.25) is 9.78 Å².